The molecule has 1 heterocycles. The maximum atomic E-state index is 11.7. The molecule has 2 N–H and O–H groups in total. The van der Waals surface area contributed by atoms with Gasteiger partial charge in [-0.1, -0.05) is 0 Å². The molecule has 0 atom stereocenters. The van der Waals surface area contributed by atoms with E-state index >= 15 is 0 Å². The summed E-state index contributed by atoms with van der Waals surface area (Å²) in [5.74, 6) is 0.304. The number of amides is 1. The molecule has 1 rings (SSSR count). The van der Waals surface area contributed by atoms with Gasteiger partial charge in [0, 0.05) is 19.3 Å². The fourth-order valence-electron chi connectivity index (χ4n) is 1.36. The average Bonchev–Trinajstić information content (AvgIpc) is 2.34. The van der Waals surface area contributed by atoms with Crippen LogP contribution < -0.4 is 10.6 Å². The van der Waals surface area contributed by atoms with Gasteiger partial charge >= 0.3 is 0 Å². The van der Waals surface area contributed by atoms with Crippen molar-refractivity contribution >= 4 is 21.6 Å². The normalized spacial score (nSPS) is 11.1. The van der Waals surface area contributed by atoms with Gasteiger partial charge in [-0.15, -0.1) is 10.2 Å². The first-order valence-electron chi connectivity index (χ1n) is 5.96. The number of nitrogens with one attached hydrogen (secondary N) is 2. The smallest absolute Gasteiger partial charge is 0.271 e. The SMILES string of the molecule is CCNc1ccc(C(=O)NCCCS(C)(=O)=O)nn1. The largest absolute Gasteiger partial charge is 0.369 e. The van der Waals surface area contributed by atoms with Crippen molar-refractivity contribution < 1.29 is 13.2 Å². The first-order chi connectivity index (χ1) is 8.92. The molecular formula is C11H18N4O3S. The summed E-state index contributed by atoms with van der Waals surface area (Å²) in [4.78, 5) is 11.7. The number of sulfone groups is 1. The highest BCUT2D eigenvalue weighted by Crippen LogP contribution is 2.01. The van der Waals surface area contributed by atoms with Gasteiger partial charge in [-0.3, -0.25) is 4.79 Å². The fourth-order valence-corrected chi connectivity index (χ4v) is 2.02. The Balaban J connectivity index is 2.41. The number of hydrogen-bond acceptors (Lipinski definition) is 6. The van der Waals surface area contributed by atoms with Crippen LogP contribution >= 0.6 is 0 Å². The second kappa shape index (κ2) is 7.03. The van der Waals surface area contributed by atoms with Gasteiger partial charge in [0.15, 0.2) is 5.69 Å². The fraction of sp³-hybridized carbons (Fsp3) is 0.545. The molecule has 1 aromatic heterocycles. The van der Waals surface area contributed by atoms with Gasteiger partial charge in [0.05, 0.1) is 5.75 Å². The number of aromatic nitrogens is 2. The molecule has 0 fully saturated rings. The zero-order chi connectivity index (χ0) is 14.3. The summed E-state index contributed by atoms with van der Waals surface area (Å²) in [6.45, 7) is 2.96. The maximum absolute atomic E-state index is 11.7. The topological polar surface area (TPSA) is 101 Å². The van der Waals surface area contributed by atoms with E-state index < -0.39 is 9.84 Å². The number of nitrogens with zero attached hydrogens (tertiary/aromatic N) is 2. The van der Waals surface area contributed by atoms with Crippen molar-refractivity contribution in [2.45, 2.75) is 13.3 Å². The van der Waals surface area contributed by atoms with Crippen molar-refractivity contribution in [3.8, 4) is 0 Å². The molecule has 0 aliphatic carbocycles. The highest BCUT2D eigenvalue weighted by atomic mass is 32.2. The average molecular weight is 286 g/mol. The lowest BCUT2D eigenvalue weighted by molar-refractivity contribution is 0.0947. The molecule has 0 unspecified atom stereocenters. The van der Waals surface area contributed by atoms with E-state index in [1.807, 2.05) is 6.92 Å². The van der Waals surface area contributed by atoms with Crippen LogP contribution in [-0.4, -0.2) is 49.6 Å². The minimum atomic E-state index is -2.99. The Labute approximate surface area is 112 Å². The number of rotatable bonds is 7. The number of carbonyl (C=O) groups is 1. The Morgan fingerprint density at radius 2 is 2.05 bits per heavy atom. The monoisotopic (exact) mass is 286 g/mol. The van der Waals surface area contributed by atoms with Gasteiger partial charge in [-0.25, -0.2) is 8.42 Å². The molecule has 1 aromatic rings. The van der Waals surface area contributed by atoms with Gasteiger partial charge in [0.25, 0.3) is 5.91 Å². The number of anilines is 1. The van der Waals surface area contributed by atoms with Crippen LogP contribution in [0, 0.1) is 0 Å². The summed E-state index contributed by atoms with van der Waals surface area (Å²) in [7, 11) is -2.99. The Morgan fingerprint density at radius 3 is 2.58 bits per heavy atom. The third kappa shape index (κ3) is 6.14. The lowest BCUT2D eigenvalue weighted by Gasteiger charge is -2.05. The lowest BCUT2D eigenvalue weighted by Crippen LogP contribution is -2.27. The van der Waals surface area contributed by atoms with Gasteiger partial charge < -0.3 is 10.6 Å². The zero-order valence-corrected chi connectivity index (χ0v) is 11.8. The third-order valence-electron chi connectivity index (χ3n) is 2.23. The Bertz CT molecular complexity index is 513. The third-order valence-corrected chi connectivity index (χ3v) is 3.26. The maximum Gasteiger partial charge on any atom is 0.271 e. The van der Waals surface area contributed by atoms with Crippen LogP contribution in [0.5, 0.6) is 0 Å². The molecule has 1 amide bonds. The molecule has 7 nitrogen and oxygen atoms in total. The van der Waals surface area contributed by atoms with E-state index in [1.54, 1.807) is 12.1 Å². The van der Waals surface area contributed by atoms with Crippen LogP contribution in [0.1, 0.15) is 23.8 Å². The molecule has 0 aromatic carbocycles. The quantitative estimate of drug-likeness (QED) is 0.688. The first-order valence-corrected chi connectivity index (χ1v) is 8.02. The summed E-state index contributed by atoms with van der Waals surface area (Å²) in [6.07, 6.45) is 1.55. The molecule has 0 spiro atoms. The first kappa shape index (κ1) is 15.4. The van der Waals surface area contributed by atoms with Gasteiger partial charge in [0.1, 0.15) is 15.7 Å². The van der Waals surface area contributed by atoms with E-state index in [9.17, 15) is 13.2 Å². The number of hydrogen-bond donors (Lipinski definition) is 2. The summed E-state index contributed by atoms with van der Waals surface area (Å²) >= 11 is 0. The van der Waals surface area contributed by atoms with Crippen molar-refractivity contribution in [3.05, 3.63) is 17.8 Å². The summed E-state index contributed by atoms with van der Waals surface area (Å²) < 4.78 is 21.8. The predicted molar refractivity (Wildman–Crippen MR) is 72.9 cm³/mol. The standard InChI is InChI=1S/C11H18N4O3S/c1-3-12-10-6-5-9(14-15-10)11(16)13-7-4-8-19(2,17)18/h5-6H,3-4,7-8H2,1-2H3,(H,12,15)(H,13,16). The Morgan fingerprint density at radius 1 is 1.32 bits per heavy atom. The van der Waals surface area contributed by atoms with E-state index in [1.165, 1.54) is 6.26 Å². The van der Waals surface area contributed by atoms with Crippen molar-refractivity contribution in [3.63, 3.8) is 0 Å². The molecule has 19 heavy (non-hydrogen) atoms. The van der Waals surface area contributed by atoms with Gasteiger partial charge in [0.2, 0.25) is 0 Å². The van der Waals surface area contributed by atoms with Crippen LogP contribution in [0.4, 0.5) is 5.82 Å². The van der Waals surface area contributed by atoms with Crippen LogP contribution in [-0.2, 0) is 9.84 Å². The van der Waals surface area contributed by atoms with Crippen molar-refractivity contribution in [1.29, 1.82) is 0 Å². The highest BCUT2D eigenvalue weighted by molar-refractivity contribution is 7.90. The molecule has 0 saturated carbocycles. The van der Waals surface area contributed by atoms with Crippen LogP contribution in [0.3, 0.4) is 0 Å². The predicted octanol–water partition coefficient (Wildman–Crippen LogP) is 0.0729. The zero-order valence-electron chi connectivity index (χ0n) is 11.0. The molecule has 0 aliphatic rings. The Hall–Kier alpha value is -1.70. The van der Waals surface area contributed by atoms with Gasteiger partial charge in [-0.2, -0.15) is 0 Å². The second-order valence-corrected chi connectivity index (χ2v) is 6.33. The van der Waals surface area contributed by atoms with E-state index in [2.05, 4.69) is 20.8 Å². The van der Waals surface area contributed by atoms with E-state index in [-0.39, 0.29) is 17.4 Å². The number of carbonyl (C=O) groups excluding carboxylic acids is 1. The summed E-state index contributed by atoms with van der Waals surface area (Å²) in [5, 5.41) is 13.2. The molecular weight excluding hydrogens is 268 g/mol. The molecule has 0 saturated heterocycles. The van der Waals surface area contributed by atoms with Crippen molar-refractivity contribution in [1.82, 2.24) is 15.5 Å². The molecule has 106 valence electrons. The highest BCUT2D eigenvalue weighted by Gasteiger charge is 2.08. The van der Waals surface area contributed by atoms with Crippen LogP contribution in [0.2, 0.25) is 0 Å². The van der Waals surface area contributed by atoms with E-state index in [0.29, 0.717) is 18.8 Å². The molecule has 8 heteroatoms. The van der Waals surface area contributed by atoms with Crippen LogP contribution in [0.25, 0.3) is 0 Å². The Kier molecular flexibility index (Phi) is 5.68. The van der Waals surface area contributed by atoms with Crippen LogP contribution in [0.15, 0.2) is 12.1 Å². The minimum absolute atomic E-state index is 0.0539. The molecule has 0 aliphatic heterocycles. The van der Waals surface area contributed by atoms with E-state index in [4.69, 9.17) is 0 Å². The van der Waals surface area contributed by atoms with Crippen molar-refractivity contribution in [2.24, 2.45) is 0 Å². The van der Waals surface area contributed by atoms with Crippen molar-refractivity contribution in [2.75, 3.05) is 30.4 Å². The second-order valence-electron chi connectivity index (χ2n) is 4.07. The minimum Gasteiger partial charge on any atom is -0.369 e. The molecule has 0 bridgehead atoms. The molecule has 0 radical (unpaired) electrons. The summed E-state index contributed by atoms with van der Waals surface area (Å²) in [5.41, 5.74) is 0.209. The lowest BCUT2D eigenvalue weighted by atomic mass is 10.3. The summed E-state index contributed by atoms with van der Waals surface area (Å²) in [6, 6.07) is 3.23. The van der Waals surface area contributed by atoms with Gasteiger partial charge in [-0.05, 0) is 25.5 Å². The van der Waals surface area contributed by atoms with E-state index in [0.717, 1.165) is 6.54 Å².